The van der Waals surface area contributed by atoms with Gasteiger partial charge in [0, 0.05) is 7.12 Å². The van der Waals surface area contributed by atoms with Crippen LogP contribution in [0.1, 0.15) is 21.7 Å². The Bertz CT molecular complexity index is 209. The third kappa shape index (κ3) is 2.38. The minimum absolute atomic E-state index is 0. The van der Waals surface area contributed by atoms with Crippen molar-refractivity contribution in [3.8, 4) is 0 Å². The first-order valence-corrected chi connectivity index (χ1v) is 4.06. The lowest BCUT2D eigenvalue weighted by atomic mass is 10.2. The summed E-state index contributed by atoms with van der Waals surface area (Å²) in [6.07, 6.45) is 3.74. The van der Waals surface area contributed by atoms with Gasteiger partial charge in [-0.05, 0) is 11.6 Å². The molecular formula is C10H17NO. The summed E-state index contributed by atoms with van der Waals surface area (Å²) in [6, 6.07) is 0. The Morgan fingerprint density at radius 3 is 2.33 bits per heavy atom. The molecule has 0 aromatic rings. The molecule has 1 rings (SSSR count). The minimum Gasteiger partial charge on any atom is -0.326 e. The lowest BCUT2D eigenvalue weighted by Gasteiger charge is -1.92. The smallest absolute Gasteiger partial charge is 0.228 e. The van der Waals surface area contributed by atoms with Crippen molar-refractivity contribution >= 4 is 5.91 Å². The van der Waals surface area contributed by atoms with Crippen molar-refractivity contribution in [2.24, 2.45) is 0 Å². The molecule has 68 valence electrons. The van der Waals surface area contributed by atoms with Crippen molar-refractivity contribution in [3.63, 3.8) is 0 Å². The van der Waals surface area contributed by atoms with E-state index in [0.717, 1.165) is 11.3 Å². The fourth-order valence-electron chi connectivity index (χ4n) is 0.907. The molecule has 0 atom stereocenters. The highest BCUT2D eigenvalue weighted by molar-refractivity contribution is 5.85. The van der Waals surface area contributed by atoms with Gasteiger partial charge >= 0.3 is 0 Å². The van der Waals surface area contributed by atoms with Crippen LogP contribution in [0.5, 0.6) is 0 Å². The molecule has 1 aliphatic rings. The standard InChI is InChI=1S/C8H9NO.C2H6.H2/c1-3-6-5-8(10)9-7(6)4-2;1-2;/h3-4H,1-2,5H2,(H,9,10);1-2H3;1H. The van der Waals surface area contributed by atoms with E-state index in [2.05, 4.69) is 18.5 Å². The van der Waals surface area contributed by atoms with Gasteiger partial charge in [0.1, 0.15) is 0 Å². The van der Waals surface area contributed by atoms with Crippen LogP contribution in [-0.4, -0.2) is 5.91 Å². The molecule has 0 saturated carbocycles. The zero-order chi connectivity index (χ0) is 9.56. The second-order valence-corrected chi connectivity index (χ2v) is 2.07. The molecule has 0 fully saturated rings. The molecule has 12 heavy (non-hydrogen) atoms. The monoisotopic (exact) mass is 167 g/mol. The fourth-order valence-corrected chi connectivity index (χ4v) is 0.907. The van der Waals surface area contributed by atoms with Gasteiger partial charge in [0.25, 0.3) is 0 Å². The second-order valence-electron chi connectivity index (χ2n) is 2.07. The van der Waals surface area contributed by atoms with E-state index in [1.807, 2.05) is 13.8 Å². The average molecular weight is 167 g/mol. The maximum Gasteiger partial charge on any atom is 0.228 e. The summed E-state index contributed by atoms with van der Waals surface area (Å²) in [5.74, 6) is 0.0183. The number of hydrogen-bond donors (Lipinski definition) is 1. The van der Waals surface area contributed by atoms with E-state index in [9.17, 15) is 4.79 Å². The molecular weight excluding hydrogens is 150 g/mol. The van der Waals surface area contributed by atoms with Crippen LogP contribution in [0.25, 0.3) is 0 Å². The minimum atomic E-state index is 0. The lowest BCUT2D eigenvalue weighted by molar-refractivity contribution is -0.118. The van der Waals surface area contributed by atoms with Crippen molar-refractivity contribution in [2.75, 3.05) is 0 Å². The molecule has 2 heteroatoms. The SMILES string of the molecule is C=CC1=C(C=C)NC(=O)C1.CC.[HH]. The Morgan fingerprint density at radius 1 is 1.42 bits per heavy atom. The predicted octanol–water partition coefficient (Wildman–Crippen LogP) is 2.40. The van der Waals surface area contributed by atoms with Crippen LogP contribution < -0.4 is 5.32 Å². The molecule has 0 bridgehead atoms. The fraction of sp³-hybridized carbons (Fsp3) is 0.300. The molecule has 0 spiro atoms. The molecule has 1 heterocycles. The van der Waals surface area contributed by atoms with Gasteiger partial charge in [-0.3, -0.25) is 4.79 Å². The summed E-state index contributed by atoms with van der Waals surface area (Å²) < 4.78 is 0. The molecule has 1 N–H and O–H groups in total. The number of nitrogens with one attached hydrogen (secondary N) is 1. The number of rotatable bonds is 2. The zero-order valence-electron chi connectivity index (χ0n) is 7.68. The van der Waals surface area contributed by atoms with Crippen LogP contribution >= 0.6 is 0 Å². The summed E-state index contributed by atoms with van der Waals surface area (Å²) >= 11 is 0. The first-order chi connectivity index (χ1) is 5.77. The summed E-state index contributed by atoms with van der Waals surface area (Å²) in [6.45, 7) is 11.1. The molecule has 0 aromatic carbocycles. The molecule has 0 aromatic heterocycles. The highest BCUT2D eigenvalue weighted by Gasteiger charge is 2.15. The van der Waals surface area contributed by atoms with Gasteiger partial charge in [-0.15, -0.1) is 0 Å². The van der Waals surface area contributed by atoms with E-state index < -0.39 is 0 Å². The van der Waals surface area contributed by atoms with Gasteiger partial charge in [0.2, 0.25) is 5.91 Å². The van der Waals surface area contributed by atoms with Gasteiger partial charge < -0.3 is 5.32 Å². The zero-order valence-corrected chi connectivity index (χ0v) is 7.68. The van der Waals surface area contributed by atoms with Gasteiger partial charge in [-0.2, -0.15) is 0 Å². The van der Waals surface area contributed by atoms with Crippen LogP contribution in [-0.2, 0) is 4.79 Å². The molecule has 0 unspecified atom stereocenters. The highest BCUT2D eigenvalue weighted by Crippen LogP contribution is 2.15. The number of amides is 1. The summed E-state index contributed by atoms with van der Waals surface area (Å²) in [5, 5.41) is 2.66. The number of allylic oxidation sites excluding steroid dienone is 2. The van der Waals surface area contributed by atoms with Gasteiger partial charge in [0.15, 0.2) is 0 Å². The van der Waals surface area contributed by atoms with Gasteiger partial charge in [-0.1, -0.05) is 33.1 Å². The van der Waals surface area contributed by atoms with E-state index in [1.54, 1.807) is 12.2 Å². The third-order valence-corrected chi connectivity index (χ3v) is 1.42. The number of carbonyl (C=O) groups excluding carboxylic acids is 1. The Hall–Kier alpha value is -1.31. The highest BCUT2D eigenvalue weighted by atomic mass is 16.1. The van der Waals surface area contributed by atoms with Crippen molar-refractivity contribution in [1.29, 1.82) is 0 Å². The maximum absolute atomic E-state index is 10.7. The summed E-state index contributed by atoms with van der Waals surface area (Å²) in [7, 11) is 0. The molecule has 1 amide bonds. The van der Waals surface area contributed by atoms with Crippen LogP contribution in [0.4, 0.5) is 0 Å². The van der Waals surface area contributed by atoms with Crippen LogP contribution in [0.2, 0.25) is 0 Å². The Balaban J connectivity index is 0. The molecule has 1 aliphatic heterocycles. The lowest BCUT2D eigenvalue weighted by Crippen LogP contribution is -2.13. The summed E-state index contributed by atoms with van der Waals surface area (Å²) in [4.78, 5) is 10.7. The number of carbonyl (C=O) groups is 1. The molecule has 0 saturated heterocycles. The predicted molar refractivity (Wildman–Crippen MR) is 53.6 cm³/mol. The van der Waals surface area contributed by atoms with Crippen molar-refractivity contribution in [1.82, 2.24) is 5.32 Å². The van der Waals surface area contributed by atoms with Gasteiger partial charge in [0.05, 0.1) is 6.42 Å². The van der Waals surface area contributed by atoms with Crippen LogP contribution in [0, 0.1) is 0 Å². The van der Waals surface area contributed by atoms with E-state index in [0.29, 0.717) is 6.42 Å². The Kier molecular flexibility index (Phi) is 4.77. The van der Waals surface area contributed by atoms with E-state index >= 15 is 0 Å². The second kappa shape index (κ2) is 5.35. The first kappa shape index (κ1) is 10.7. The molecule has 0 aliphatic carbocycles. The largest absolute Gasteiger partial charge is 0.326 e. The van der Waals surface area contributed by atoms with Crippen molar-refractivity contribution in [3.05, 3.63) is 36.6 Å². The van der Waals surface area contributed by atoms with Gasteiger partial charge in [-0.25, -0.2) is 0 Å². The van der Waals surface area contributed by atoms with E-state index in [1.165, 1.54) is 0 Å². The quantitative estimate of drug-likeness (QED) is 0.672. The van der Waals surface area contributed by atoms with E-state index in [-0.39, 0.29) is 7.33 Å². The maximum atomic E-state index is 10.7. The first-order valence-electron chi connectivity index (χ1n) is 4.06. The third-order valence-electron chi connectivity index (χ3n) is 1.42. The normalized spacial score (nSPS) is 14.7. The number of hydrogen-bond acceptors (Lipinski definition) is 1. The Labute approximate surface area is 75.2 Å². The summed E-state index contributed by atoms with van der Waals surface area (Å²) in [5.41, 5.74) is 1.72. The molecule has 0 radical (unpaired) electrons. The van der Waals surface area contributed by atoms with Crippen LogP contribution in [0.15, 0.2) is 36.6 Å². The van der Waals surface area contributed by atoms with Crippen molar-refractivity contribution < 1.29 is 6.22 Å². The topological polar surface area (TPSA) is 29.1 Å². The van der Waals surface area contributed by atoms with Crippen LogP contribution in [0.3, 0.4) is 0 Å². The molecule has 2 nitrogen and oxygen atoms in total. The van der Waals surface area contributed by atoms with E-state index in [4.69, 9.17) is 0 Å². The Morgan fingerprint density at radius 2 is 2.00 bits per heavy atom. The average Bonchev–Trinajstić information content (AvgIpc) is 2.49. The van der Waals surface area contributed by atoms with Crippen molar-refractivity contribution in [2.45, 2.75) is 20.3 Å².